The van der Waals surface area contributed by atoms with Crippen LogP contribution in [0.25, 0.3) is 0 Å². The lowest BCUT2D eigenvalue weighted by Crippen LogP contribution is -2.73. The quantitative estimate of drug-likeness (QED) is 0.0767. The van der Waals surface area contributed by atoms with Gasteiger partial charge in [0.25, 0.3) is 5.91 Å². The van der Waals surface area contributed by atoms with Crippen molar-refractivity contribution < 1.29 is 36.6 Å². The van der Waals surface area contributed by atoms with Crippen molar-refractivity contribution in [1.29, 1.82) is 0 Å². The molecule has 2 amide bonds. The van der Waals surface area contributed by atoms with Gasteiger partial charge in [-0.25, -0.2) is 9.10 Å². The lowest BCUT2D eigenvalue weighted by Gasteiger charge is -2.43. The summed E-state index contributed by atoms with van der Waals surface area (Å²) < 4.78 is 38.2. The van der Waals surface area contributed by atoms with E-state index in [0.29, 0.717) is 5.71 Å². The number of unbranched alkanes of at least 4 members (excludes halogenated alkanes) is 4. The Morgan fingerprint density at radius 1 is 0.950 bits per heavy atom. The van der Waals surface area contributed by atoms with Crippen LogP contribution in [-0.2, 0) is 24.7 Å². The Balaban J connectivity index is 0.000000799. The molecule has 1 heterocycles. The number of quaternary nitrogens is 1. The van der Waals surface area contributed by atoms with Crippen LogP contribution in [0.4, 0.5) is 4.79 Å². The maximum Gasteiger partial charge on any atom is 0.408 e. The highest BCUT2D eigenvalue weighted by molar-refractivity contribution is 7.84. The van der Waals surface area contributed by atoms with Crippen LogP contribution >= 0.6 is 0 Å². The fraction of sp³-hybridized carbons (Fsp3) is 0.893. The van der Waals surface area contributed by atoms with Crippen LogP contribution in [0.15, 0.2) is 5.16 Å². The summed E-state index contributed by atoms with van der Waals surface area (Å²) in [5.41, 5.74) is -0.208. The van der Waals surface area contributed by atoms with Crippen LogP contribution in [-0.4, -0.2) is 89.9 Å². The van der Waals surface area contributed by atoms with E-state index in [9.17, 15) is 18.0 Å². The van der Waals surface area contributed by atoms with Crippen molar-refractivity contribution in [2.45, 2.75) is 131 Å². The van der Waals surface area contributed by atoms with Crippen LogP contribution in [0, 0.1) is 0 Å². The molecule has 0 aromatic heterocycles. The molecular formula is C28H57N4O7S+. The molecule has 1 rings (SSSR count). The molecule has 0 aliphatic carbocycles. The van der Waals surface area contributed by atoms with Crippen molar-refractivity contribution in [3.8, 4) is 0 Å². The summed E-state index contributed by atoms with van der Waals surface area (Å²) >= 11 is 0. The van der Waals surface area contributed by atoms with Gasteiger partial charge in [-0.15, -0.1) is 0 Å². The average molecular weight is 594 g/mol. The Bertz CT molecular complexity index is 846. The van der Waals surface area contributed by atoms with Gasteiger partial charge < -0.3 is 19.4 Å². The Hall–Kier alpha value is -1.92. The molecule has 12 heteroatoms. The topological polar surface area (TPSA) is 135 Å². The van der Waals surface area contributed by atoms with E-state index in [0.717, 1.165) is 0 Å². The number of hydrogen-bond acceptors (Lipinski definition) is 7. The number of rotatable bonds is 17. The molecule has 2 N–H and O–H groups in total. The summed E-state index contributed by atoms with van der Waals surface area (Å²) in [5, 5.41) is 5.88. The molecule has 1 aliphatic rings. The Labute approximate surface area is 243 Å². The summed E-state index contributed by atoms with van der Waals surface area (Å²) in [7, 11) is -4.76. The highest BCUT2D eigenvalue weighted by Crippen LogP contribution is 2.24. The highest BCUT2D eigenvalue weighted by atomic mass is 32.2. The molecular weight excluding hydrogens is 536 g/mol. The second-order valence-electron chi connectivity index (χ2n) is 11.8. The highest BCUT2D eigenvalue weighted by Gasteiger charge is 2.55. The molecule has 11 nitrogen and oxygen atoms in total. The van der Waals surface area contributed by atoms with Crippen molar-refractivity contribution in [2.75, 3.05) is 32.8 Å². The molecule has 0 aromatic rings. The molecule has 2 atom stereocenters. The number of oxime groups is 1. The number of alkyl carbamates (subject to hydrolysis) is 1. The number of nitrogens with zero attached hydrogens (tertiary/aromatic N) is 3. The summed E-state index contributed by atoms with van der Waals surface area (Å²) in [4.78, 5) is 28.5. The number of ether oxygens (including phenoxy) is 1. The molecule has 0 aromatic carbocycles. The monoisotopic (exact) mass is 593 g/mol. The maximum atomic E-state index is 11.8. The van der Waals surface area contributed by atoms with Crippen molar-refractivity contribution in [3.63, 3.8) is 0 Å². The molecule has 0 saturated carbocycles. The lowest BCUT2D eigenvalue weighted by molar-refractivity contribution is -0.929. The summed E-state index contributed by atoms with van der Waals surface area (Å²) in [5.74, 6) is -0.982. The van der Waals surface area contributed by atoms with E-state index in [4.69, 9.17) is 14.1 Å². The van der Waals surface area contributed by atoms with Gasteiger partial charge in [0.05, 0.1) is 31.9 Å². The predicted octanol–water partition coefficient (Wildman–Crippen LogP) is 5.31. The number of hydrogen-bond donors (Lipinski definition) is 2. The van der Waals surface area contributed by atoms with E-state index in [1.165, 1.54) is 82.0 Å². The summed E-state index contributed by atoms with van der Waals surface area (Å²) in [6.45, 7) is 22.9. The molecule has 0 bridgehead atoms. The second-order valence-corrected chi connectivity index (χ2v) is 13.1. The fourth-order valence-corrected chi connectivity index (χ4v) is 5.31. The third kappa shape index (κ3) is 14.6. The van der Waals surface area contributed by atoms with Crippen LogP contribution in [0.3, 0.4) is 0 Å². The van der Waals surface area contributed by atoms with Gasteiger partial charge in [-0.2, -0.15) is 8.42 Å². The molecule has 236 valence electrons. The molecule has 0 radical (unpaired) electrons. The van der Waals surface area contributed by atoms with Crippen molar-refractivity contribution in [3.05, 3.63) is 0 Å². The number of carbonyl (C=O) groups excluding carboxylic acids is 2. The first kappa shape index (κ1) is 38.1. The largest absolute Gasteiger partial charge is 0.444 e. The van der Waals surface area contributed by atoms with Gasteiger partial charge in [-0.1, -0.05) is 58.5 Å². The van der Waals surface area contributed by atoms with Crippen LogP contribution < -0.4 is 5.32 Å². The van der Waals surface area contributed by atoms with E-state index in [1.807, 2.05) is 0 Å². The van der Waals surface area contributed by atoms with Gasteiger partial charge in [-0.05, 0) is 60.3 Å². The first-order chi connectivity index (χ1) is 18.6. The minimum absolute atomic E-state index is 0.232. The van der Waals surface area contributed by atoms with Crippen LogP contribution in [0.1, 0.15) is 114 Å². The standard InChI is InChI=1S/C16H36N.C12H21N3O7S/c1-5-9-13-17(14-10-6-2,15-11-7-3)16-12-8-4;1-7(2)14-21-6-8-9(10(16)15(8)23(18,19)20)13-11(17)22-12(3,4)5/h5-16H2,1-4H3;8-9H,6H2,1-5H3,(H,13,17)(H,18,19,20)/q+1;/t;8-,9+/m.1/s1. The van der Waals surface area contributed by atoms with Crippen molar-refractivity contribution in [1.82, 2.24) is 9.62 Å². The number of nitrogens with one attached hydrogen (secondary N) is 1. The Kier molecular flexibility index (Phi) is 17.6. The zero-order chi connectivity index (χ0) is 31.0. The lowest BCUT2D eigenvalue weighted by atomic mass is 10.00. The molecule has 40 heavy (non-hydrogen) atoms. The van der Waals surface area contributed by atoms with Gasteiger partial charge in [0.1, 0.15) is 24.3 Å². The van der Waals surface area contributed by atoms with E-state index in [1.54, 1.807) is 34.6 Å². The molecule has 1 saturated heterocycles. The fourth-order valence-electron chi connectivity index (χ4n) is 4.45. The molecule has 0 spiro atoms. The van der Waals surface area contributed by atoms with Gasteiger partial charge in [0.15, 0.2) is 0 Å². The molecule has 1 fully saturated rings. The van der Waals surface area contributed by atoms with Crippen LogP contribution in [0.5, 0.6) is 0 Å². The first-order valence-corrected chi connectivity index (χ1v) is 16.3. The third-order valence-electron chi connectivity index (χ3n) is 6.53. The third-order valence-corrected chi connectivity index (χ3v) is 7.47. The zero-order valence-electron chi connectivity index (χ0n) is 26.5. The molecule has 1 aliphatic heterocycles. The Morgan fingerprint density at radius 2 is 1.38 bits per heavy atom. The van der Waals surface area contributed by atoms with Gasteiger partial charge in [-0.3, -0.25) is 9.35 Å². The van der Waals surface area contributed by atoms with Gasteiger partial charge in [0.2, 0.25) is 0 Å². The van der Waals surface area contributed by atoms with Crippen molar-refractivity contribution >= 4 is 28.0 Å². The minimum Gasteiger partial charge on any atom is -0.444 e. The first-order valence-electron chi connectivity index (χ1n) is 14.9. The molecule has 0 unspecified atom stereocenters. The maximum absolute atomic E-state index is 11.8. The van der Waals surface area contributed by atoms with Crippen LogP contribution in [0.2, 0.25) is 0 Å². The predicted molar refractivity (Wildman–Crippen MR) is 159 cm³/mol. The average Bonchev–Trinajstić information content (AvgIpc) is 2.84. The minimum atomic E-state index is -4.76. The normalized spacial score (nSPS) is 17.4. The van der Waals surface area contributed by atoms with E-state index < -0.39 is 40.0 Å². The second kappa shape index (κ2) is 18.5. The number of amides is 2. The van der Waals surface area contributed by atoms with E-state index >= 15 is 0 Å². The smallest absolute Gasteiger partial charge is 0.408 e. The van der Waals surface area contributed by atoms with Gasteiger partial charge >= 0.3 is 16.4 Å². The summed E-state index contributed by atoms with van der Waals surface area (Å²) in [6.07, 6.45) is 10.2. The number of carbonyl (C=O) groups is 2. The van der Waals surface area contributed by atoms with E-state index in [2.05, 4.69) is 38.2 Å². The number of β-lactam (4-membered cyclic amide) rings is 1. The zero-order valence-corrected chi connectivity index (χ0v) is 27.3. The van der Waals surface area contributed by atoms with Gasteiger partial charge in [0, 0.05) is 0 Å². The van der Waals surface area contributed by atoms with Crippen molar-refractivity contribution in [2.24, 2.45) is 5.16 Å². The summed E-state index contributed by atoms with van der Waals surface area (Å²) in [6, 6.07) is -2.31. The SMILES string of the molecule is CC(C)=NOC[C@@H]1[C@H](NC(=O)OC(C)(C)C)C(=O)N1S(=O)(=O)O.CCCC[N+](CCCC)(CCCC)CCCC. The Morgan fingerprint density at radius 3 is 1.70 bits per heavy atom. The van der Waals surface area contributed by atoms with E-state index in [-0.39, 0.29) is 10.9 Å².